The van der Waals surface area contributed by atoms with Crippen molar-refractivity contribution < 1.29 is 16.8 Å². The molecule has 0 heterocycles. The van der Waals surface area contributed by atoms with E-state index < -0.39 is 21.3 Å². The minimum Gasteiger partial charge on any atom is -0.294 e. The van der Waals surface area contributed by atoms with Crippen molar-refractivity contribution in [2.24, 2.45) is 11.3 Å². The van der Waals surface area contributed by atoms with Crippen molar-refractivity contribution in [3.8, 4) is 0 Å². The quantitative estimate of drug-likeness (QED) is 0.483. The Kier molecular flexibility index (Phi) is 8.36. The lowest BCUT2D eigenvalue weighted by Crippen LogP contribution is -2.25. The van der Waals surface area contributed by atoms with Crippen LogP contribution in [-0.2, 0) is 29.7 Å². The summed E-state index contributed by atoms with van der Waals surface area (Å²) in [5.41, 5.74) is 0.226. The Morgan fingerprint density at radius 3 is 2.20 bits per heavy atom. The molecule has 0 aliphatic carbocycles. The van der Waals surface area contributed by atoms with Gasteiger partial charge in [0, 0.05) is 5.92 Å². The summed E-state index contributed by atoms with van der Waals surface area (Å²) in [4.78, 5) is 11.5. The molecular formula is C14H29O4S2+. The van der Waals surface area contributed by atoms with Crippen molar-refractivity contribution in [1.29, 1.82) is 0 Å². The van der Waals surface area contributed by atoms with Crippen LogP contribution in [0.5, 0.6) is 0 Å². The van der Waals surface area contributed by atoms with Crippen molar-refractivity contribution in [3.05, 3.63) is 0 Å². The van der Waals surface area contributed by atoms with Crippen molar-refractivity contribution in [3.63, 3.8) is 0 Å². The molecule has 6 heteroatoms. The fourth-order valence-electron chi connectivity index (χ4n) is 1.54. The first-order valence-electron chi connectivity index (χ1n) is 7.01. The molecule has 120 valence electrons. The maximum Gasteiger partial charge on any atom is 0.311 e. The smallest absolute Gasteiger partial charge is 0.294 e. The largest absolute Gasteiger partial charge is 0.311 e. The predicted octanol–water partition coefficient (Wildman–Crippen LogP) is 2.94. The summed E-state index contributed by atoms with van der Waals surface area (Å²) < 4.78 is 28.7. The molecule has 0 radical (unpaired) electrons. The first kappa shape index (κ1) is 19.9. The SMILES string of the molecule is CC(C)C(=O)C[S+](C)OS(=O)(=O)CCCCC(C)(C)C. The lowest BCUT2D eigenvalue weighted by molar-refractivity contribution is -0.119. The van der Waals surface area contributed by atoms with Crippen LogP contribution in [0.3, 0.4) is 0 Å². The minimum absolute atomic E-state index is 0.0380. The zero-order chi connectivity index (χ0) is 16.0. The summed E-state index contributed by atoms with van der Waals surface area (Å²) in [5.74, 6) is 0.177. The van der Waals surface area contributed by atoms with Gasteiger partial charge in [0.1, 0.15) is 6.26 Å². The van der Waals surface area contributed by atoms with Gasteiger partial charge in [-0.15, -0.1) is 0 Å². The molecule has 0 saturated heterocycles. The molecule has 0 aromatic carbocycles. The molecule has 0 bridgehead atoms. The number of carbonyl (C=O) groups is 1. The molecule has 0 amide bonds. The van der Waals surface area contributed by atoms with Crippen LogP contribution in [0.25, 0.3) is 0 Å². The number of hydrogen-bond donors (Lipinski definition) is 0. The van der Waals surface area contributed by atoms with E-state index >= 15 is 0 Å². The minimum atomic E-state index is -3.51. The first-order chi connectivity index (χ1) is 8.93. The van der Waals surface area contributed by atoms with Gasteiger partial charge in [0.15, 0.2) is 22.7 Å². The lowest BCUT2D eigenvalue weighted by atomic mass is 9.90. The van der Waals surface area contributed by atoms with Crippen molar-refractivity contribution in [2.75, 3.05) is 17.8 Å². The maximum atomic E-state index is 11.8. The van der Waals surface area contributed by atoms with Gasteiger partial charge in [-0.1, -0.05) is 41.0 Å². The summed E-state index contributed by atoms with van der Waals surface area (Å²) in [6.45, 7) is 10.0. The molecule has 0 fully saturated rings. The fourth-order valence-corrected chi connectivity index (χ4v) is 4.71. The normalized spacial score (nSPS) is 14.6. The summed E-state index contributed by atoms with van der Waals surface area (Å²) in [5, 5.41) is 0. The second-order valence-corrected chi connectivity index (χ2v) is 10.2. The van der Waals surface area contributed by atoms with Crippen LogP contribution < -0.4 is 0 Å². The van der Waals surface area contributed by atoms with Gasteiger partial charge in [0.2, 0.25) is 0 Å². The first-order valence-corrected chi connectivity index (χ1v) is 10.3. The van der Waals surface area contributed by atoms with E-state index in [1.54, 1.807) is 20.1 Å². The maximum absolute atomic E-state index is 11.8. The molecule has 0 rings (SSSR count). The van der Waals surface area contributed by atoms with Gasteiger partial charge in [-0.3, -0.25) is 4.79 Å². The zero-order valence-electron chi connectivity index (χ0n) is 13.6. The highest BCUT2D eigenvalue weighted by Gasteiger charge is 2.28. The van der Waals surface area contributed by atoms with Crippen LogP contribution >= 0.6 is 0 Å². The fraction of sp³-hybridized carbons (Fsp3) is 0.929. The van der Waals surface area contributed by atoms with Crippen LogP contribution in [0.4, 0.5) is 0 Å². The molecule has 0 aliphatic rings. The highest BCUT2D eigenvalue weighted by Crippen LogP contribution is 2.22. The van der Waals surface area contributed by atoms with Crippen LogP contribution in [-0.4, -0.2) is 32.0 Å². The van der Waals surface area contributed by atoms with Crippen molar-refractivity contribution in [2.45, 2.75) is 53.9 Å². The third kappa shape index (κ3) is 10.7. The number of unbranched alkanes of at least 4 members (excludes halogenated alkanes) is 1. The average Bonchev–Trinajstić information content (AvgIpc) is 2.22. The number of hydrogen-bond acceptors (Lipinski definition) is 4. The van der Waals surface area contributed by atoms with E-state index in [0.29, 0.717) is 6.42 Å². The average molecular weight is 326 g/mol. The van der Waals surface area contributed by atoms with E-state index in [0.717, 1.165) is 12.8 Å². The second kappa shape index (κ2) is 8.39. The monoisotopic (exact) mass is 325 g/mol. The predicted molar refractivity (Wildman–Crippen MR) is 86.2 cm³/mol. The molecule has 0 spiro atoms. The van der Waals surface area contributed by atoms with E-state index in [1.165, 1.54) is 0 Å². The Morgan fingerprint density at radius 2 is 1.75 bits per heavy atom. The summed E-state index contributed by atoms with van der Waals surface area (Å²) in [7, 11) is -3.51. The van der Waals surface area contributed by atoms with Crippen molar-refractivity contribution >= 4 is 27.1 Å². The van der Waals surface area contributed by atoms with Gasteiger partial charge in [-0.25, -0.2) is 0 Å². The van der Waals surface area contributed by atoms with E-state index in [-0.39, 0.29) is 28.6 Å². The van der Waals surface area contributed by atoms with Gasteiger partial charge in [0.25, 0.3) is 0 Å². The van der Waals surface area contributed by atoms with Gasteiger partial charge in [-0.2, -0.15) is 8.42 Å². The van der Waals surface area contributed by atoms with Crippen LogP contribution in [0.15, 0.2) is 0 Å². The molecule has 0 N–H and O–H groups in total. The highest BCUT2D eigenvalue weighted by atomic mass is 32.3. The third-order valence-electron chi connectivity index (χ3n) is 2.78. The van der Waals surface area contributed by atoms with Gasteiger partial charge in [0.05, 0.1) is 5.75 Å². The van der Waals surface area contributed by atoms with E-state index in [4.69, 9.17) is 3.63 Å². The second-order valence-electron chi connectivity index (χ2n) is 6.69. The number of carbonyl (C=O) groups excluding carboxylic acids is 1. The Hall–Kier alpha value is -0.0700. The number of Topliss-reactive ketones (excluding diaryl/α,β-unsaturated/α-hetero) is 1. The topological polar surface area (TPSA) is 60.4 Å². The van der Waals surface area contributed by atoms with Crippen molar-refractivity contribution in [1.82, 2.24) is 0 Å². The van der Waals surface area contributed by atoms with Gasteiger partial charge >= 0.3 is 10.1 Å². The number of rotatable bonds is 9. The van der Waals surface area contributed by atoms with Gasteiger partial charge < -0.3 is 0 Å². The summed E-state index contributed by atoms with van der Waals surface area (Å²) in [6, 6.07) is 0. The number of ketones is 1. The Labute approximate surface area is 127 Å². The molecule has 20 heavy (non-hydrogen) atoms. The molecule has 0 aromatic rings. The summed E-state index contributed by atoms with van der Waals surface area (Å²) in [6.07, 6.45) is 4.13. The van der Waals surface area contributed by atoms with E-state index in [9.17, 15) is 13.2 Å². The Morgan fingerprint density at radius 1 is 1.20 bits per heavy atom. The molecule has 1 unspecified atom stereocenters. The molecular weight excluding hydrogens is 296 g/mol. The molecule has 0 aromatic heterocycles. The molecule has 1 atom stereocenters. The highest BCUT2D eigenvalue weighted by molar-refractivity contribution is 8.02. The Bertz CT molecular complexity index is 394. The third-order valence-corrected chi connectivity index (χ3v) is 6.02. The van der Waals surface area contributed by atoms with Crippen LogP contribution in [0.1, 0.15) is 53.9 Å². The van der Waals surface area contributed by atoms with Crippen LogP contribution in [0, 0.1) is 11.3 Å². The molecule has 4 nitrogen and oxygen atoms in total. The summed E-state index contributed by atoms with van der Waals surface area (Å²) >= 11 is -0.850. The standard InChI is InChI=1S/C14H29O4S2/c1-12(2)13(15)11-19(6)18-20(16,17)10-8-7-9-14(3,4)5/h12H,7-11H2,1-6H3/q+1. The van der Waals surface area contributed by atoms with Gasteiger partial charge in [-0.05, 0) is 21.9 Å². The van der Waals surface area contributed by atoms with E-state index in [2.05, 4.69) is 20.8 Å². The Balaban J connectivity index is 4.10. The van der Waals surface area contributed by atoms with E-state index in [1.807, 2.05) is 0 Å². The lowest BCUT2D eigenvalue weighted by Gasteiger charge is -2.17. The molecule has 0 aliphatic heterocycles. The molecule has 0 saturated carbocycles. The van der Waals surface area contributed by atoms with Crippen LogP contribution in [0.2, 0.25) is 0 Å². The zero-order valence-corrected chi connectivity index (χ0v) is 15.2.